The Labute approximate surface area is 178 Å². The molecule has 0 N–H and O–H groups in total. The van der Waals surface area contributed by atoms with Crippen molar-refractivity contribution in [1.29, 1.82) is 0 Å². The van der Waals surface area contributed by atoms with Crippen LogP contribution < -0.4 is 4.90 Å². The monoisotopic (exact) mass is 456 g/mol. The lowest BCUT2D eigenvalue weighted by Crippen LogP contribution is -2.28. The maximum Gasteiger partial charge on any atom is 0.416 e. The lowest BCUT2D eigenvalue weighted by Gasteiger charge is -2.22. The molecule has 0 radical (unpaired) electrons. The Bertz CT molecular complexity index is 1140. The molecule has 0 fully saturated rings. The molecule has 168 valence electrons. The quantitative estimate of drug-likeness (QED) is 0.421. The van der Waals surface area contributed by atoms with E-state index in [2.05, 4.69) is 4.98 Å². The van der Waals surface area contributed by atoms with Gasteiger partial charge in [-0.15, -0.1) is 0 Å². The number of hydrogen-bond acceptors (Lipinski definition) is 2. The summed E-state index contributed by atoms with van der Waals surface area (Å²) in [5.74, 6) is -1.59. The van der Waals surface area contributed by atoms with E-state index in [-0.39, 0.29) is 11.8 Å². The van der Waals surface area contributed by atoms with Crippen LogP contribution in [0.2, 0.25) is 0 Å². The molecule has 1 aromatic heterocycles. The summed E-state index contributed by atoms with van der Waals surface area (Å²) in [6.07, 6.45) is -7.53. The molecule has 0 saturated carbocycles. The van der Waals surface area contributed by atoms with Gasteiger partial charge in [0.2, 0.25) is 0 Å². The molecule has 0 spiro atoms. The second-order valence-corrected chi connectivity index (χ2v) is 7.01. The van der Waals surface area contributed by atoms with Crippen molar-refractivity contribution in [3.63, 3.8) is 0 Å². The maximum atomic E-state index is 13.5. The van der Waals surface area contributed by atoms with Crippen LogP contribution in [0.1, 0.15) is 27.0 Å². The van der Waals surface area contributed by atoms with E-state index >= 15 is 0 Å². The van der Waals surface area contributed by atoms with Gasteiger partial charge < -0.3 is 4.90 Å². The Balaban J connectivity index is 2.11. The smallest absolute Gasteiger partial charge is 0.309 e. The van der Waals surface area contributed by atoms with Crippen LogP contribution in [0.15, 0.2) is 54.9 Å². The van der Waals surface area contributed by atoms with Gasteiger partial charge in [0.25, 0.3) is 5.91 Å². The Morgan fingerprint density at radius 1 is 0.875 bits per heavy atom. The predicted octanol–water partition coefficient (Wildman–Crippen LogP) is 6.51. The number of halogens is 7. The number of amides is 1. The highest BCUT2D eigenvalue weighted by molar-refractivity contribution is 6.08. The predicted molar refractivity (Wildman–Crippen MR) is 104 cm³/mol. The molecule has 32 heavy (non-hydrogen) atoms. The number of rotatable bonds is 3. The van der Waals surface area contributed by atoms with Crippen molar-refractivity contribution >= 4 is 11.6 Å². The third-order valence-electron chi connectivity index (χ3n) is 4.78. The zero-order chi connectivity index (χ0) is 23.8. The first-order chi connectivity index (χ1) is 14.8. The fraction of sp³-hybridized carbons (Fsp3) is 0.182. The highest BCUT2D eigenvalue weighted by Crippen LogP contribution is 2.37. The zero-order valence-corrected chi connectivity index (χ0v) is 16.6. The van der Waals surface area contributed by atoms with Crippen LogP contribution >= 0.6 is 0 Å². The normalized spacial score (nSPS) is 12.0. The minimum atomic E-state index is -5.08. The largest absolute Gasteiger partial charge is 0.416 e. The van der Waals surface area contributed by atoms with E-state index in [1.807, 2.05) is 0 Å². The van der Waals surface area contributed by atoms with Gasteiger partial charge in [0.05, 0.1) is 23.0 Å². The summed E-state index contributed by atoms with van der Waals surface area (Å²) in [5.41, 5.74) is -2.43. The molecule has 0 aliphatic heterocycles. The number of aromatic nitrogens is 1. The van der Waals surface area contributed by atoms with Crippen molar-refractivity contribution in [3.05, 3.63) is 82.9 Å². The molecule has 3 rings (SSSR count). The van der Waals surface area contributed by atoms with Gasteiger partial charge in [-0.05, 0) is 54.4 Å². The highest BCUT2D eigenvalue weighted by atomic mass is 19.4. The molecule has 1 amide bonds. The summed E-state index contributed by atoms with van der Waals surface area (Å²) in [6.45, 7) is 1.62. The van der Waals surface area contributed by atoms with Crippen LogP contribution in [-0.2, 0) is 12.4 Å². The van der Waals surface area contributed by atoms with E-state index in [4.69, 9.17) is 0 Å². The topological polar surface area (TPSA) is 33.2 Å². The highest BCUT2D eigenvalue weighted by Gasteiger charge is 2.38. The van der Waals surface area contributed by atoms with Crippen LogP contribution in [0, 0.1) is 12.7 Å². The van der Waals surface area contributed by atoms with Crippen molar-refractivity contribution in [2.24, 2.45) is 0 Å². The van der Waals surface area contributed by atoms with Crippen LogP contribution in [0.3, 0.4) is 0 Å². The van der Waals surface area contributed by atoms with Gasteiger partial charge in [0.15, 0.2) is 0 Å². The van der Waals surface area contributed by atoms with Gasteiger partial charge in [-0.3, -0.25) is 9.78 Å². The van der Waals surface area contributed by atoms with Gasteiger partial charge in [-0.25, -0.2) is 4.39 Å². The average molecular weight is 456 g/mol. The summed E-state index contributed by atoms with van der Waals surface area (Å²) in [5, 5.41) is 0. The number of hydrogen-bond donors (Lipinski definition) is 0. The van der Waals surface area contributed by atoms with Crippen molar-refractivity contribution in [3.8, 4) is 11.1 Å². The standard InChI is InChI=1S/C22H15F7N2O/c1-12-7-16(23)3-4-17(12)18-5-6-30-11-19(18)31(2)20(32)13-8-14(21(24,25)26)10-15(9-13)22(27,28)29/h3-11H,1-2H3. The molecule has 0 unspecified atom stereocenters. The molecule has 2 aromatic carbocycles. The van der Waals surface area contributed by atoms with E-state index in [1.54, 1.807) is 6.92 Å². The number of carbonyl (C=O) groups is 1. The van der Waals surface area contributed by atoms with Crippen molar-refractivity contribution in [2.45, 2.75) is 19.3 Å². The van der Waals surface area contributed by atoms with Crippen molar-refractivity contribution in [1.82, 2.24) is 4.98 Å². The van der Waals surface area contributed by atoms with Gasteiger partial charge in [-0.1, -0.05) is 6.07 Å². The Kier molecular flexibility index (Phi) is 5.99. The fourth-order valence-corrected chi connectivity index (χ4v) is 3.19. The van der Waals surface area contributed by atoms with Gasteiger partial charge in [0, 0.05) is 24.4 Å². The number of benzene rings is 2. The summed E-state index contributed by atoms with van der Waals surface area (Å²) in [4.78, 5) is 17.7. The maximum absolute atomic E-state index is 13.5. The third-order valence-corrected chi connectivity index (χ3v) is 4.78. The minimum absolute atomic E-state index is 0.0475. The fourth-order valence-electron chi connectivity index (χ4n) is 3.19. The number of nitrogens with zero attached hydrogens (tertiary/aromatic N) is 2. The molecule has 0 bridgehead atoms. The molecular weight excluding hydrogens is 441 g/mol. The van der Waals surface area contributed by atoms with Crippen LogP contribution in [0.5, 0.6) is 0 Å². The summed E-state index contributed by atoms with van der Waals surface area (Å²) in [6, 6.07) is 6.09. The Morgan fingerprint density at radius 3 is 2.00 bits per heavy atom. The van der Waals surface area contributed by atoms with E-state index in [0.29, 0.717) is 28.8 Å². The molecule has 1 heterocycles. The van der Waals surface area contributed by atoms with Crippen LogP contribution in [-0.4, -0.2) is 17.9 Å². The number of carbonyl (C=O) groups excluding carboxylic acids is 1. The average Bonchev–Trinajstić information content (AvgIpc) is 2.71. The molecule has 0 atom stereocenters. The molecule has 10 heteroatoms. The third kappa shape index (κ3) is 4.74. The summed E-state index contributed by atoms with van der Waals surface area (Å²) >= 11 is 0. The molecule has 0 saturated heterocycles. The van der Waals surface area contributed by atoms with E-state index in [0.717, 1.165) is 4.90 Å². The van der Waals surface area contributed by atoms with E-state index in [1.165, 1.54) is 43.7 Å². The first-order valence-corrected chi connectivity index (χ1v) is 9.07. The minimum Gasteiger partial charge on any atom is -0.309 e. The number of pyridine rings is 1. The van der Waals surface area contributed by atoms with Crippen molar-refractivity contribution < 1.29 is 35.5 Å². The number of aryl methyl sites for hydroxylation is 1. The Morgan fingerprint density at radius 2 is 1.47 bits per heavy atom. The van der Waals surface area contributed by atoms with Crippen LogP contribution in [0.4, 0.5) is 36.4 Å². The number of anilines is 1. The van der Waals surface area contributed by atoms with Crippen molar-refractivity contribution in [2.75, 3.05) is 11.9 Å². The molecule has 3 aromatic rings. The Hall–Kier alpha value is -3.43. The molecule has 0 aliphatic carbocycles. The molecular formula is C22H15F7N2O. The van der Waals surface area contributed by atoms with E-state index < -0.39 is 40.8 Å². The van der Waals surface area contributed by atoms with E-state index in [9.17, 15) is 35.5 Å². The SMILES string of the molecule is Cc1cc(F)ccc1-c1ccncc1N(C)C(=O)c1cc(C(F)(F)F)cc(C(F)(F)F)c1. The zero-order valence-electron chi connectivity index (χ0n) is 16.6. The van der Waals surface area contributed by atoms with Gasteiger partial charge in [-0.2, -0.15) is 26.3 Å². The second kappa shape index (κ2) is 8.25. The summed E-state index contributed by atoms with van der Waals surface area (Å²) < 4.78 is 92.4. The lowest BCUT2D eigenvalue weighted by molar-refractivity contribution is -0.143. The first kappa shape index (κ1) is 23.2. The van der Waals surface area contributed by atoms with Gasteiger partial charge in [0.1, 0.15) is 5.82 Å². The lowest BCUT2D eigenvalue weighted by atomic mass is 9.99. The van der Waals surface area contributed by atoms with Crippen LogP contribution in [0.25, 0.3) is 11.1 Å². The first-order valence-electron chi connectivity index (χ1n) is 9.07. The second-order valence-electron chi connectivity index (χ2n) is 7.01. The van der Waals surface area contributed by atoms with Gasteiger partial charge >= 0.3 is 12.4 Å². The molecule has 3 nitrogen and oxygen atoms in total. The molecule has 0 aliphatic rings. The number of alkyl halides is 6. The summed E-state index contributed by atoms with van der Waals surface area (Å²) in [7, 11) is 1.20.